The van der Waals surface area contributed by atoms with Crippen molar-refractivity contribution in [3.8, 4) is 5.75 Å². The van der Waals surface area contributed by atoms with Crippen molar-refractivity contribution in [2.45, 2.75) is 24.9 Å². The molecule has 1 aromatic rings. The highest BCUT2D eigenvalue weighted by molar-refractivity contribution is 5.95. The van der Waals surface area contributed by atoms with Gasteiger partial charge < -0.3 is 9.64 Å². The molecule has 0 N–H and O–H groups in total. The van der Waals surface area contributed by atoms with Crippen molar-refractivity contribution in [2.24, 2.45) is 5.11 Å². The minimum Gasteiger partial charge on any atom is -0.406 e. The summed E-state index contributed by atoms with van der Waals surface area (Å²) in [5, 5.41) is 3.63. The Hall–Kier alpha value is -2.61. The Balaban J connectivity index is 1.70. The molecule has 1 aromatic carbocycles. The van der Waals surface area contributed by atoms with Gasteiger partial charge in [0.2, 0.25) is 0 Å². The fourth-order valence-electron chi connectivity index (χ4n) is 2.94. The first-order valence-corrected chi connectivity index (χ1v) is 6.85. The number of rotatable bonds is 3. The summed E-state index contributed by atoms with van der Waals surface area (Å²) in [5.41, 5.74) is 8.94. The second-order valence-electron chi connectivity index (χ2n) is 5.34. The first-order valence-electron chi connectivity index (χ1n) is 6.85. The van der Waals surface area contributed by atoms with Crippen LogP contribution in [-0.2, 0) is 0 Å². The van der Waals surface area contributed by atoms with E-state index in [1.54, 1.807) is 4.90 Å². The molecule has 0 bridgehead atoms. The first-order chi connectivity index (χ1) is 10.9. The number of carbonyl (C=O) groups is 1. The third kappa shape index (κ3) is 3.11. The molecule has 10 heteroatoms. The van der Waals surface area contributed by atoms with E-state index >= 15 is 0 Å². The summed E-state index contributed by atoms with van der Waals surface area (Å²) in [6, 6.07) is 4.64. The summed E-state index contributed by atoms with van der Waals surface area (Å²) in [7, 11) is 0. The molecule has 2 aliphatic heterocycles. The van der Waals surface area contributed by atoms with Crippen LogP contribution in [0.25, 0.3) is 10.4 Å². The molecule has 7 nitrogen and oxygen atoms in total. The van der Waals surface area contributed by atoms with Gasteiger partial charge in [0, 0.05) is 23.7 Å². The lowest BCUT2D eigenvalue weighted by Gasteiger charge is -2.18. The van der Waals surface area contributed by atoms with E-state index in [1.807, 2.05) is 0 Å². The van der Waals surface area contributed by atoms with Crippen LogP contribution in [0.2, 0.25) is 0 Å². The smallest absolute Gasteiger partial charge is 0.406 e. The number of carbonyl (C=O) groups excluding carboxylic acids is 1. The third-order valence-corrected chi connectivity index (χ3v) is 3.86. The molecule has 0 spiro atoms. The summed E-state index contributed by atoms with van der Waals surface area (Å²) in [6.07, 6.45) is -4.16. The zero-order chi connectivity index (χ0) is 16.6. The molecule has 0 saturated carbocycles. The molecule has 23 heavy (non-hydrogen) atoms. The van der Waals surface area contributed by atoms with Crippen LogP contribution in [0.5, 0.6) is 5.75 Å². The Morgan fingerprint density at radius 2 is 1.96 bits per heavy atom. The van der Waals surface area contributed by atoms with Crippen molar-refractivity contribution in [1.29, 1.82) is 0 Å². The summed E-state index contributed by atoms with van der Waals surface area (Å²) < 4.78 is 40.2. The molecule has 0 aromatic heterocycles. The predicted octanol–water partition coefficient (Wildman–Crippen LogP) is 3.28. The normalized spacial score (nSPS) is 23.7. The lowest BCUT2D eigenvalue weighted by molar-refractivity contribution is -0.274. The average molecular weight is 327 g/mol. The second kappa shape index (κ2) is 5.54. The minimum atomic E-state index is -4.75. The number of anilines is 1. The fourth-order valence-corrected chi connectivity index (χ4v) is 2.94. The first kappa shape index (κ1) is 15.3. The highest BCUT2D eigenvalue weighted by Crippen LogP contribution is 2.33. The van der Waals surface area contributed by atoms with Crippen molar-refractivity contribution in [2.75, 3.05) is 18.0 Å². The number of benzene rings is 1. The van der Waals surface area contributed by atoms with Crippen LogP contribution < -0.4 is 9.64 Å². The quantitative estimate of drug-likeness (QED) is 0.485. The van der Waals surface area contributed by atoms with Gasteiger partial charge in [-0.05, 0) is 36.2 Å². The van der Waals surface area contributed by atoms with Crippen molar-refractivity contribution in [3.63, 3.8) is 0 Å². The Morgan fingerprint density at radius 1 is 1.26 bits per heavy atom. The molecule has 2 saturated heterocycles. The van der Waals surface area contributed by atoms with E-state index in [0.29, 0.717) is 25.2 Å². The van der Waals surface area contributed by atoms with E-state index in [1.165, 1.54) is 29.2 Å². The molecular weight excluding hydrogens is 315 g/mol. The van der Waals surface area contributed by atoms with Crippen LogP contribution in [0.4, 0.5) is 23.7 Å². The molecular formula is C13H12F3N5O2. The van der Waals surface area contributed by atoms with Crippen LogP contribution in [0, 0.1) is 0 Å². The predicted molar refractivity (Wildman–Crippen MR) is 73.9 cm³/mol. The van der Waals surface area contributed by atoms with Gasteiger partial charge in [-0.25, -0.2) is 4.79 Å². The number of nitrogens with zero attached hydrogens (tertiary/aromatic N) is 5. The maximum atomic E-state index is 12.4. The van der Waals surface area contributed by atoms with Gasteiger partial charge >= 0.3 is 12.4 Å². The molecule has 122 valence electrons. The Bertz CT molecular complexity index is 657. The van der Waals surface area contributed by atoms with Crippen LogP contribution >= 0.6 is 0 Å². The fraction of sp³-hybridized carbons (Fsp3) is 0.462. The molecule has 2 fully saturated rings. The van der Waals surface area contributed by atoms with Gasteiger partial charge in [0.1, 0.15) is 5.75 Å². The maximum Gasteiger partial charge on any atom is 0.573 e. The highest BCUT2D eigenvalue weighted by Gasteiger charge is 2.44. The van der Waals surface area contributed by atoms with Gasteiger partial charge in [0.05, 0.1) is 12.1 Å². The van der Waals surface area contributed by atoms with E-state index in [2.05, 4.69) is 14.8 Å². The largest absolute Gasteiger partial charge is 0.573 e. The highest BCUT2D eigenvalue weighted by atomic mass is 19.4. The number of halogens is 3. The SMILES string of the molecule is [N-]=[N+]=N[C@@H]1C[C@H]2CN(c3ccc(OC(F)(F)F)cc3)C(=O)N2C1. The molecule has 2 aliphatic rings. The van der Waals surface area contributed by atoms with Gasteiger partial charge in [-0.2, -0.15) is 0 Å². The summed E-state index contributed by atoms with van der Waals surface area (Å²) in [6.45, 7) is 0.773. The molecule has 0 aliphatic carbocycles. The maximum absolute atomic E-state index is 12.4. The third-order valence-electron chi connectivity index (χ3n) is 3.86. The van der Waals surface area contributed by atoms with E-state index < -0.39 is 6.36 Å². The van der Waals surface area contributed by atoms with E-state index in [0.717, 1.165) is 0 Å². The van der Waals surface area contributed by atoms with Crippen molar-refractivity contribution >= 4 is 11.7 Å². The minimum absolute atomic E-state index is 0.0518. The van der Waals surface area contributed by atoms with E-state index in [9.17, 15) is 18.0 Å². The van der Waals surface area contributed by atoms with Gasteiger partial charge in [0.25, 0.3) is 0 Å². The summed E-state index contributed by atoms with van der Waals surface area (Å²) >= 11 is 0. The number of azide groups is 1. The van der Waals surface area contributed by atoms with Crippen LogP contribution in [0.15, 0.2) is 29.4 Å². The second-order valence-corrected chi connectivity index (χ2v) is 5.34. The molecule has 2 atom stereocenters. The van der Waals surface area contributed by atoms with Gasteiger partial charge in [-0.3, -0.25) is 4.90 Å². The standard InChI is InChI=1S/C13H12F3N5O2/c14-13(15,16)23-11-3-1-9(2-4-11)21-7-10-5-8(18-19-17)6-20(10)12(21)22/h1-4,8,10H,5-7H2/t8-,10+/m1/s1. The van der Waals surface area contributed by atoms with Gasteiger partial charge in [0.15, 0.2) is 0 Å². The van der Waals surface area contributed by atoms with Crippen molar-refractivity contribution in [3.05, 3.63) is 34.7 Å². The number of fused-ring (bicyclic) bond motifs is 1. The topological polar surface area (TPSA) is 81.5 Å². The molecule has 2 amide bonds. The Kier molecular flexibility index (Phi) is 3.69. The number of alkyl halides is 3. The average Bonchev–Trinajstić information content (AvgIpc) is 2.98. The van der Waals surface area contributed by atoms with E-state index in [4.69, 9.17) is 5.53 Å². The number of hydrogen-bond acceptors (Lipinski definition) is 3. The van der Waals surface area contributed by atoms with Gasteiger partial charge in [-0.15, -0.1) is 13.2 Å². The lowest BCUT2D eigenvalue weighted by Crippen LogP contribution is -2.33. The Morgan fingerprint density at radius 3 is 2.52 bits per heavy atom. The van der Waals surface area contributed by atoms with Crippen LogP contribution in [-0.4, -0.2) is 42.5 Å². The molecule has 3 rings (SSSR count). The number of urea groups is 1. The summed E-state index contributed by atoms with van der Waals surface area (Å²) in [4.78, 5) is 18.2. The number of amides is 2. The zero-order valence-electron chi connectivity index (χ0n) is 11.8. The lowest BCUT2D eigenvalue weighted by atomic mass is 10.2. The van der Waals surface area contributed by atoms with E-state index in [-0.39, 0.29) is 23.9 Å². The van der Waals surface area contributed by atoms with Crippen molar-refractivity contribution in [1.82, 2.24) is 4.90 Å². The van der Waals surface area contributed by atoms with Crippen molar-refractivity contribution < 1.29 is 22.7 Å². The van der Waals surface area contributed by atoms with Gasteiger partial charge in [-0.1, -0.05) is 5.11 Å². The molecule has 0 unspecified atom stereocenters. The Labute approximate surface area is 128 Å². The number of ether oxygens (including phenoxy) is 1. The summed E-state index contributed by atoms with van der Waals surface area (Å²) in [5.74, 6) is -0.336. The molecule has 2 heterocycles. The zero-order valence-corrected chi connectivity index (χ0v) is 11.8. The monoisotopic (exact) mass is 327 g/mol. The van der Waals surface area contributed by atoms with Crippen LogP contribution in [0.1, 0.15) is 6.42 Å². The van der Waals surface area contributed by atoms with Crippen LogP contribution in [0.3, 0.4) is 0 Å². The molecule has 0 radical (unpaired) electrons. The number of hydrogen-bond donors (Lipinski definition) is 0.